The molecule has 1 aliphatic rings. The number of aryl methyl sites for hydroxylation is 1. The molecule has 78 heavy (non-hydrogen) atoms. The Labute approximate surface area is 458 Å². The molecule has 0 unspecified atom stereocenters. The quantitative estimate of drug-likeness (QED) is 0.00778. The van der Waals surface area contributed by atoms with Gasteiger partial charge in [0.15, 0.2) is 0 Å². The van der Waals surface area contributed by atoms with E-state index in [1.165, 1.54) is 56.9 Å². The van der Waals surface area contributed by atoms with E-state index in [2.05, 4.69) is 38.8 Å². The first kappa shape index (κ1) is 60.9. The Morgan fingerprint density at radius 3 is 1.40 bits per heavy atom. The van der Waals surface area contributed by atoms with Gasteiger partial charge in [-0.2, -0.15) is 0 Å². The first-order valence-electron chi connectivity index (χ1n) is 26.5. The average molecular weight is 1070 g/mol. The van der Waals surface area contributed by atoms with E-state index >= 15 is 0 Å². The molecular weight excluding hydrogens is 997 g/mol. The highest BCUT2D eigenvalue weighted by atomic mass is 17.2. The number of rotatable bonds is 31. The summed E-state index contributed by atoms with van der Waals surface area (Å²) in [4.78, 5) is 69.6. The number of unbranched alkanes of at least 4 members (excludes halogenated alkanes) is 2. The van der Waals surface area contributed by atoms with Gasteiger partial charge in [-0.05, 0) is 159 Å². The lowest BCUT2D eigenvalue weighted by molar-refractivity contribution is -0.287. The third-order valence-corrected chi connectivity index (χ3v) is 12.3. The van der Waals surface area contributed by atoms with Crippen molar-refractivity contribution in [2.45, 2.75) is 90.4 Å². The Bertz CT molecular complexity index is 2650. The van der Waals surface area contributed by atoms with Crippen molar-refractivity contribution >= 4 is 29.8 Å². The van der Waals surface area contributed by atoms with E-state index in [0.29, 0.717) is 115 Å². The Morgan fingerprint density at radius 2 is 0.936 bits per heavy atom. The normalized spacial score (nSPS) is 13.5. The molecule has 1 aliphatic carbocycles. The Kier molecular flexibility index (Phi) is 27.0. The van der Waals surface area contributed by atoms with Gasteiger partial charge in [-0.3, -0.25) is 0 Å². The highest BCUT2D eigenvalue weighted by Crippen LogP contribution is 2.38. The predicted octanol–water partition coefficient (Wildman–Crippen LogP) is 13.1. The number of hydrogen-bond donors (Lipinski definition) is 0. The molecule has 0 bridgehead atoms. The lowest BCUT2D eigenvalue weighted by atomic mass is 9.77. The van der Waals surface area contributed by atoms with Gasteiger partial charge in [0, 0.05) is 31.4 Å². The average Bonchev–Trinajstić information content (AvgIpc) is 3.47. The summed E-state index contributed by atoms with van der Waals surface area (Å²) in [5, 5.41) is 0. The van der Waals surface area contributed by atoms with Crippen molar-refractivity contribution in [3.8, 4) is 34.5 Å². The van der Waals surface area contributed by atoms with Crippen LogP contribution in [0.3, 0.4) is 0 Å². The van der Waals surface area contributed by atoms with Gasteiger partial charge in [0.25, 0.3) is 0 Å². The largest absolute Gasteiger partial charge is 0.494 e. The Morgan fingerprint density at radius 1 is 0.487 bits per heavy atom. The molecule has 0 saturated heterocycles. The molecule has 0 atom stereocenters. The molecule has 15 heteroatoms. The van der Waals surface area contributed by atoms with Crippen LogP contribution in [0.4, 0.5) is 0 Å². The van der Waals surface area contributed by atoms with Crippen LogP contribution in [0.2, 0.25) is 0 Å². The van der Waals surface area contributed by atoms with Crippen molar-refractivity contribution in [1.82, 2.24) is 0 Å². The van der Waals surface area contributed by atoms with Gasteiger partial charge in [0.05, 0.1) is 56.3 Å². The lowest BCUT2D eigenvalue weighted by Crippen LogP contribution is -2.13. The highest BCUT2D eigenvalue weighted by molar-refractivity contribution is 5.92. The number of carbonyl (C=O) groups excluding carboxylic acids is 5. The van der Waals surface area contributed by atoms with E-state index in [1.807, 2.05) is 12.1 Å². The van der Waals surface area contributed by atoms with Crippen LogP contribution in [0.5, 0.6) is 34.5 Å². The standard InChI is InChI=1S/C33H34O10.C30H38O5/c1-4-18-40-41-22-7-20-38-28-14-10-26(11-15-28)33(36)43-30-17-16-29(23-24(30)3)42-32(35)25-8-12-27(13-9-25)37-19-6-21-39-31(34)5-2;1-3-5-6-8-23-9-11-24(12-10-23)25-13-19-28(20-14-25)35-30(32)26-15-17-27(18-16-26)33-21-7-22-34-29(31)4-2/h4-5,8-17,23H,1-2,6-7,18-22H2,3H3;4,13-20,23-24H,2-3,5-12,21-22H2,1H3. The summed E-state index contributed by atoms with van der Waals surface area (Å²) in [6.45, 7) is 16.6. The number of benzene rings is 5. The number of hydrogen-bond acceptors (Lipinski definition) is 15. The van der Waals surface area contributed by atoms with Gasteiger partial charge in [-0.15, -0.1) is 6.58 Å². The van der Waals surface area contributed by atoms with Crippen molar-refractivity contribution in [2.75, 3.05) is 46.2 Å². The molecule has 0 aromatic heterocycles. The van der Waals surface area contributed by atoms with E-state index in [9.17, 15) is 24.0 Å². The van der Waals surface area contributed by atoms with E-state index in [4.69, 9.17) is 47.7 Å². The summed E-state index contributed by atoms with van der Waals surface area (Å²) in [5.41, 5.74) is 3.10. The van der Waals surface area contributed by atoms with Crippen LogP contribution in [-0.4, -0.2) is 76.1 Å². The minimum atomic E-state index is -0.553. The van der Waals surface area contributed by atoms with Crippen LogP contribution < -0.4 is 28.4 Å². The smallest absolute Gasteiger partial charge is 0.343 e. The number of carbonyl (C=O) groups is 5. The topological polar surface area (TPSA) is 178 Å². The molecule has 0 aliphatic heterocycles. The van der Waals surface area contributed by atoms with Gasteiger partial charge in [0.2, 0.25) is 0 Å². The fourth-order valence-corrected chi connectivity index (χ4v) is 8.05. The molecule has 0 heterocycles. The second-order valence-corrected chi connectivity index (χ2v) is 18.2. The number of esters is 5. The SMILES string of the molecule is C=CC(=O)OCCCOc1ccc(C(=O)Oc2ccc(C3CCC(CCCCC)CC3)cc2)cc1.C=CCOOCCCOc1ccc(C(=O)Oc2ccc(OC(=O)c3ccc(OCCCOC(=O)C=C)cc3)cc2C)cc1. The van der Waals surface area contributed by atoms with E-state index in [1.54, 1.807) is 104 Å². The van der Waals surface area contributed by atoms with Crippen LogP contribution >= 0.6 is 0 Å². The lowest BCUT2D eigenvalue weighted by Gasteiger charge is -2.29. The van der Waals surface area contributed by atoms with E-state index < -0.39 is 29.8 Å². The van der Waals surface area contributed by atoms with E-state index in [-0.39, 0.29) is 13.2 Å². The molecule has 6 rings (SSSR count). The summed E-state index contributed by atoms with van der Waals surface area (Å²) < 4.78 is 43.2. The molecule has 0 radical (unpaired) electrons. The Balaban J connectivity index is 0.000000293. The monoisotopic (exact) mass is 1070 g/mol. The molecule has 5 aromatic carbocycles. The number of ether oxygens (including phenoxy) is 8. The minimum Gasteiger partial charge on any atom is -0.494 e. The summed E-state index contributed by atoms with van der Waals surface area (Å²) in [6.07, 6.45) is 16.1. The van der Waals surface area contributed by atoms with Crippen LogP contribution in [0.1, 0.15) is 126 Å². The maximum absolute atomic E-state index is 12.7. The zero-order valence-electron chi connectivity index (χ0n) is 44.8. The highest BCUT2D eigenvalue weighted by Gasteiger charge is 2.22. The summed E-state index contributed by atoms with van der Waals surface area (Å²) in [6, 6.07) is 32.6. The molecular formula is C63H72O15. The summed E-state index contributed by atoms with van der Waals surface area (Å²) in [5.74, 6) is 2.12. The van der Waals surface area contributed by atoms with Gasteiger partial charge < -0.3 is 37.9 Å². The fraction of sp³-hybridized carbons (Fsp3) is 0.349. The molecule has 0 N–H and O–H groups in total. The molecule has 15 nitrogen and oxygen atoms in total. The molecule has 0 spiro atoms. The van der Waals surface area contributed by atoms with Crippen molar-refractivity contribution in [2.24, 2.45) is 5.92 Å². The van der Waals surface area contributed by atoms with Crippen LogP contribution in [0.15, 0.2) is 153 Å². The van der Waals surface area contributed by atoms with Gasteiger partial charge >= 0.3 is 29.8 Å². The maximum atomic E-state index is 12.7. The fourth-order valence-electron chi connectivity index (χ4n) is 8.05. The summed E-state index contributed by atoms with van der Waals surface area (Å²) >= 11 is 0. The third kappa shape index (κ3) is 22.3. The van der Waals surface area contributed by atoms with Crippen molar-refractivity contribution < 1.29 is 71.6 Å². The van der Waals surface area contributed by atoms with Crippen LogP contribution in [0, 0.1) is 12.8 Å². The third-order valence-electron chi connectivity index (χ3n) is 12.3. The molecule has 414 valence electrons. The van der Waals surface area contributed by atoms with E-state index in [0.717, 1.165) is 18.1 Å². The first-order chi connectivity index (χ1) is 38.0. The van der Waals surface area contributed by atoms with Gasteiger partial charge in [-0.1, -0.05) is 64.0 Å². The maximum Gasteiger partial charge on any atom is 0.343 e. The summed E-state index contributed by atoms with van der Waals surface area (Å²) in [7, 11) is 0. The molecule has 5 aromatic rings. The Hall–Kier alpha value is -8.01. The molecule has 1 fully saturated rings. The van der Waals surface area contributed by atoms with Crippen LogP contribution in [-0.2, 0) is 28.8 Å². The zero-order chi connectivity index (χ0) is 55.7. The second-order valence-electron chi connectivity index (χ2n) is 18.2. The minimum absolute atomic E-state index is 0.223. The van der Waals surface area contributed by atoms with Gasteiger partial charge in [0.1, 0.15) is 41.1 Å². The van der Waals surface area contributed by atoms with Crippen molar-refractivity contribution in [1.29, 1.82) is 0 Å². The molecule has 1 saturated carbocycles. The van der Waals surface area contributed by atoms with Crippen molar-refractivity contribution in [3.05, 3.63) is 181 Å². The van der Waals surface area contributed by atoms with Crippen molar-refractivity contribution in [3.63, 3.8) is 0 Å². The predicted molar refractivity (Wildman–Crippen MR) is 295 cm³/mol. The first-order valence-corrected chi connectivity index (χ1v) is 26.5. The van der Waals surface area contributed by atoms with Gasteiger partial charge in [-0.25, -0.2) is 33.7 Å². The molecule has 0 amide bonds. The zero-order valence-corrected chi connectivity index (χ0v) is 44.8. The van der Waals surface area contributed by atoms with Crippen LogP contribution in [0.25, 0.3) is 0 Å². The second kappa shape index (κ2) is 34.6.